The summed E-state index contributed by atoms with van der Waals surface area (Å²) in [5, 5.41) is 8.90. The quantitative estimate of drug-likeness (QED) is 0.781. The molecule has 2 aliphatic rings. The van der Waals surface area contributed by atoms with Crippen LogP contribution in [0, 0.1) is 0 Å². The number of halogens is 1. The Hall–Kier alpha value is -1.33. The van der Waals surface area contributed by atoms with E-state index >= 15 is 0 Å². The number of aromatic nitrogens is 3. The molecule has 17 heavy (non-hydrogen) atoms. The third-order valence-corrected chi connectivity index (χ3v) is 3.97. The maximum atomic E-state index is 5.86. The highest BCUT2D eigenvalue weighted by Crippen LogP contribution is 2.42. The molecule has 0 amide bonds. The molecule has 88 valence electrons. The average molecular weight is 251 g/mol. The Bertz CT molecular complexity index is 587. The lowest BCUT2D eigenvalue weighted by Crippen LogP contribution is -2.71. The molecule has 2 aromatic rings. The molecule has 0 saturated carbocycles. The molecule has 0 bridgehead atoms. The van der Waals surface area contributed by atoms with Gasteiger partial charge in [0.15, 0.2) is 5.82 Å². The van der Waals surface area contributed by atoms with Crippen LogP contribution in [0.15, 0.2) is 12.3 Å². The van der Waals surface area contributed by atoms with E-state index in [4.69, 9.17) is 16.3 Å². The van der Waals surface area contributed by atoms with E-state index in [1.807, 2.05) is 0 Å². The number of fused-ring (bicyclic) bond motifs is 1. The van der Waals surface area contributed by atoms with Crippen LogP contribution in [0.4, 0.5) is 5.82 Å². The molecule has 2 aromatic heterocycles. The number of pyridine rings is 1. The van der Waals surface area contributed by atoms with Crippen molar-refractivity contribution in [2.75, 3.05) is 24.7 Å². The molecule has 2 fully saturated rings. The molecule has 4 rings (SSSR count). The van der Waals surface area contributed by atoms with Gasteiger partial charge in [-0.15, -0.1) is 0 Å². The lowest BCUT2D eigenvalue weighted by atomic mass is 9.82. The van der Waals surface area contributed by atoms with Crippen molar-refractivity contribution in [2.45, 2.75) is 12.0 Å². The maximum absolute atomic E-state index is 5.86. The number of nitrogens with one attached hydrogen (secondary N) is 1. The largest absolute Gasteiger partial charge is 0.376 e. The molecule has 2 aliphatic heterocycles. The van der Waals surface area contributed by atoms with Gasteiger partial charge >= 0.3 is 0 Å². The van der Waals surface area contributed by atoms with Crippen molar-refractivity contribution in [3.8, 4) is 0 Å². The summed E-state index contributed by atoms with van der Waals surface area (Å²) in [6.07, 6.45) is 2.96. The summed E-state index contributed by atoms with van der Waals surface area (Å²) in [5.41, 5.74) is 1.13. The standard InChI is InChI=1S/C11H11ClN4O/c12-9-3-8-7(4-13-9)10(15-14-8)16-2-1-11(16)5-17-6-11/h3-4H,1-2,5-6H2,(H,14,15). The Labute approximate surface area is 103 Å². The predicted octanol–water partition coefficient (Wildman–Crippen LogP) is 1.59. The third kappa shape index (κ3) is 1.18. The molecule has 0 aliphatic carbocycles. The van der Waals surface area contributed by atoms with E-state index < -0.39 is 0 Å². The van der Waals surface area contributed by atoms with E-state index in [1.54, 1.807) is 12.3 Å². The normalized spacial score (nSPS) is 21.6. The summed E-state index contributed by atoms with van der Waals surface area (Å²) in [6.45, 7) is 2.65. The molecule has 1 spiro atoms. The number of nitrogens with zero attached hydrogens (tertiary/aromatic N) is 3. The number of rotatable bonds is 1. The van der Waals surface area contributed by atoms with Crippen LogP contribution in [-0.2, 0) is 4.74 Å². The fourth-order valence-electron chi connectivity index (χ4n) is 2.59. The second-order valence-electron chi connectivity index (χ2n) is 4.72. The highest BCUT2D eigenvalue weighted by molar-refractivity contribution is 6.30. The second-order valence-corrected chi connectivity index (χ2v) is 5.11. The minimum atomic E-state index is 0.196. The average Bonchev–Trinajstić information content (AvgIpc) is 2.57. The number of hydrogen-bond donors (Lipinski definition) is 1. The molecule has 1 N–H and O–H groups in total. The minimum Gasteiger partial charge on any atom is -0.376 e. The van der Waals surface area contributed by atoms with Crippen LogP contribution in [0.2, 0.25) is 5.15 Å². The van der Waals surface area contributed by atoms with Gasteiger partial charge in [0.05, 0.1) is 29.7 Å². The fraction of sp³-hybridized carbons (Fsp3) is 0.455. The van der Waals surface area contributed by atoms with Gasteiger partial charge in [-0.2, -0.15) is 5.10 Å². The zero-order valence-corrected chi connectivity index (χ0v) is 9.87. The summed E-state index contributed by atoms with van der Waals surface area (Å²) in [7, 11) is 0. The zero-order valence-electron chi connectivity index (χ0n) is 9.11. The highest BCUT2D eigenvalue weighted by atomic mass is 35.5. The van der Waals surface area contributed by atoms with Crippen LogP contribution in [0.3, 0.4) is 0 Å². The summed E-state index contributed by atoms with van der Waals surface area (Å²) in [5.74, 6) is 0.971. The molecule has 2 saturated heterocycles. The van der Waals surface area contributed by atoms with Gasteiger partial charge < -0.3 is 9.64 Å². The van der Waals surface area contributed by atoms with Gasteiger partial charge in [-0.25, -0.2) is 4.98 Å². The van der Waals surface area contributed by atoms with Crippen molar-refractivity contribution in [1.29, 1.82) is 0 Å². The number of hydrogen-bond acceptors (Lipinski definition) is 4. The van der Waals surface area contributed by atoms with Crippen molar-refractivity contribution in [3.63, 3.8) is 0 Å². The van der Waals surface area contributed by atoms with Crippen LogP contribution in [0.1, 0.15) is 6.42 Å². The Morgan fingerprint density at radius 2 is 2.35 bits per heavy atom. The van der Waals surface area contributed by atoms with Gasteiger partial charge in [-0.05, 0) is 6.42 Å². The van der Waals surface area contributed by atoms with Crippen LogP contribution < -0.4 is 4.90 Å². The zero-order chi connectivity index (χ0) is 11.5. The first-order valence-corrected chi connectivity index (χ1v) is 6.01. The lowest BCUT2D eigenvalue weighted by molar-refractivity contribution is -0.0850. The molecule has 0 aromatic carbocycles. The van der Waals surface area contributed by atoms with Gasteiger partial charge in [0.25, 0.3) is 0 Å². The van der Waals surface area contributed by atoms with E-state index in [0.29, 0.717) is 5.15 Å². The fourth-order valence-corrected chi connectivity index (χ4v) is 2.75. The van der Waals surface area contributed by atoms with Crippen molar-refractivity contribution >= 4 is 28.3 Å². The first-order valence-electron chi connectivity index (χ1n) is 5.64. The lowest BCUT2D eigenvalue weighted by Gasteiger charge is -2.57. The van der Waals surface area contributed by atoms with Crippen molar-refractivity contribution < 1.29 is 4.74 Å². The SMILES string of the molecule is Clc1cc2[nH]nc(N3CCC34COC4)c2cn1. The van der Waals surface area contributed by atoms with Gasteiger partial charge in [0.2, 0.25) is 0 Å². The van der Waals surface area contributed by atoms with Gasteiger partial charge in [0.1, 0.15) is 5.15 Å². The molecule has 5 nitrogen and oxygen atoms in total. The number of H-pyrrole nitrogens is 1. The first-order chi connectivity index (χ1) is 8.28. The molecular formula is C11H11ClN4O. The van der Waals surface area contributed by atoms with Crippen LogP contribution >= 0.6 is 11.6 Å². The second kappa shape index (κ2) is 3.11. The summed E-state index contributed by atoms with van der Waals surface area (Å²) < 4.78 is 5.32. The third-order valence-electron chi connectivity index (χ3n) is 3.76. The Kier molecular flexibility index (Phi) is 1.77. The van der Waals surface area contributed by atoms with Gasteiger partial charge in [-0.1, -0.05) is 11.6 Å². The number of ether oxygens (including phenoxy) is 1. The van der Waals surface area contributed by atoms with E-state index in [1.165, 1.54) is 6.42 Å². The molecule has 4 heterocycles. The van der Waals surface area contributed by atoms with Gasteiger partial charge in [0, 0.05) is 18.8 Å². The first kappa shape index (κ1) is 9.67. The van der Waals surface area contributed by atoms with Crippen molar-refractivity contribution in [1.82, 2.24) is 15.2 Å². The van der Waals surface area contributed by atoms with Crippen molar-refractivity contribution in [2.24, 2.45) is 0 Å². The van der Waals surface area contributed by atoms with E-state index in [9.17, 15) is 0 Å². The number of anilines is 1. The summed E-state index contributed by atoms with van der Waals surface area (Å²) >= 11 is 5.86. The molecule has 0 unspecified atom stereocenters. The van der Waals surface area contributed by atoms with E-state index in [0.717, 1.165) is 36.5 Å². The van der Waals surface area contributed by atoms with Crippen LogP contribution in [0.25, 0.3) is 10.9 Å². The Balaban J connectivity index is 1.81. The molecule has 0 radical (unpaired) electrons. The summed E-state index contributed by atoms with van der Waals surface area (Å²) in [4.78, 5) is 6.43. The van der Waals surface area contributed by atoms with E-state index in [2.05, 4.69) is 20.1 Å². The maximum Gasteiger partial charge on any atom is 0.160 e. The van der Waals surface area contributed by atoms with Crippen LogP contribution in [0.5, 0.6) is 0 Å². The van der Waals surface area contributed by atoms with E-state index in [-0.39, 0.29) is 5.54 Å². The predicted molar refractivity (Wildman–Crippen MR) is 64.4 cm³/mol. The minimum absolute atomic E-state index is 0.196. The molecular weight excluding hydrogens is 240 g/mol. The highest BCUT2D eigenvalue weighted by Gasteiger charge is 2.52. The van der Waals surface area contributed by atoms with Crippen molar-refractivity contribution in [3.05, 3.63) is 17.4 Å². The Morgan fingerprint density at radius 3 is 3.00 bits per heavy atom. The number of aromatic amines is 1. The van der Waals surface area contributed by atoms with Crippen LogP contribution in [-0.4, -0.2) is 40.5 Å². The molecule has 0 atom stereocenters. The van der Waals surface area contributed by atoms with Gasteiger partial charge in [-0.3, -0.25) is 5.10 Å². The topological polar surface area (TPSA) is 54.0 Å². The smallest absolute Gasteiger partial charge is 0.160 e. The summed E-state index contributed by atoms with van der Waals surface area (Å²) in [6, 6.07) is 1.80. The molecule has 6 heteroatoms. The Morgan fingerprint density at radius 1 is 1.47 bits per heavy atom. The monoisotopic (exact) mass is 250 g/mol.